The van der Waals surface area contributed by atoms with Crippen molar-refractivity contribution >= 4 is 17.9 Å². The van der Waals surface area contributed by atoms with Crippen LogP contribution in [0.4, 0.5) is 0 Å². The number of rotatable bonds is 43. The number of hydrogen-bond donors (Lipinski definition) is 1. The average Bonchev–Trinajstić information content (AvgIpc) is 3.17. The van der Waals surface area contributed by atoms with Crippen LogP contribution in [-0.4, -0.2) is 80.6 Å². The Morgan fingerprint density at radius 2 is 0.965 bits per heavy atom. The lowest BCUT2D eigenvalue weighted by atomic mass is 10.0. The molecular formula is C49H92NO7+. The fourth-order valence-electron chi connectivity index (χ4n) is 7.15. The van der Waals surface area contributed by atoms with Crippen molar-refractivity contribution in [1.82, 2.24) is 0 Å². The van der Waals surface area contributed by atoms with Crippen LogP contribution in [0.2, 0.25) is 0 Å². The van der Waals surface area contributed by atoms with E-state index >= 15 is 0 Å². The molecule has 0 aliphatic heterocycles. The Bertz CT molecular complexity index is 989. The Morgan fingerprint density at radius 3 is 1.42 bits per heavy atom. The van der Waals surface area contributed by atoms with E-state index in [1.807, 2.05) is 27.2 Å². The number of esters is 2. The molecule has 8 heteroatoms. The largest absolute Gasteiger partial charge is 0.477 e. The summed E-state index contributed by atoms with van der Waals surface area (Å²) in [6.07, 6.45) is 45.3. The number of carbonyl (C=O) groups is 3. The lowest BCUT2D eigenvalue weighted by Gasteiger charge is -2.31. The maximum absolute atomic E-state index is 12.7. The van der Waals surface area contributed by atoms with Crippen molar-refractivity contribution in [3.63, 3.8) is 0 Å². The molecule has 2 atom stereocenters. The highest BCUT2D eigenvalue weighted by molar-refractivity contribution is 5.72. The van der Waals surface area contributed by atoms with Gasteiger partial charge in [0, 0.05) is 19.3 Å². The first-order valence-corrected chi connectivity index (χ1v) is 23.9. The fourth-order valence-corrected chi connectivity index (χ4v) is 7.15. The molecule has 0 saturated carbocycles. The molecule has 0 aliphatic carbocycles. The zero-order valence-electron chi connectivity index (χ0n) is 38.1. The van der Waals surface area contributed by atoms with E-state index in [1.54, 1.807) is 0 Å². The van der Waals surface area contributed by atoms with Crippen molar-refractivity contribution in [3.05, 3.63) is 24.3 Å². The number of likely N-dealkylation sites (N-methyl/N-ethyl adjacent to an activating group) is 1. The molecular weight excluding hydrogens is 715 g/mol. The second-order valence-corrected chi connectivity index (χ2v) is 17.4. The summed E-state index contributed by atoms with van der Waals surface area (Å²) < 4.78 is 17.2. The lowest BCUT2D eigenvalue weighted by molar-refractivity contribution is -0.887. The van der Waals surface area contributed by atoms with Gasteiger partial charge in [-0.25, -0.2) is 4.79 Å². The minimum absolute atomic E-state index is 0.0427. The third-order valence-electron chi connectivity index (χ3n) is 10.9. The first-order chi connectivity index (χ1) is 27.6. The van der Waals surface area contributed by atoms with Gasteiger partial charge in [0.1, 0.15) is 6.61 Å². The minimum atomic E-state index is -0.880. The van der Waals surface area contributed by atoms with E-state index in [4.69, 9.17) is 14.2 Å². The minimum Gasteiger partial charge on any atom is -0.477 e. The summed E-state index contributed by atoms with van der Waals surface area (Å²) in [5.74, 6) is -1.54. The lowest BCUT2D eigenvalue weighted by Crippen LogP contribution is -2.50. The van der Waals surface area contributed by atoms with Crippen molar-refractivity contribution < 1.29 is 38.2 Å². The standard InChI is InChI=1S/C49H91NO7/c1-6-8-10-12-14-16-18-20-21-22-23-24-25-26-28-29-31-33-35-37-39-47(51)56-44-45(43-55-42-41-46(49(53)54)50(3,4)5)57-48(52)40-38-36-34-32-30-27-19-17-15-13-11-9-7-2/h27,30,34,36,45-46H,6-26,28-29,31-33,35,37-44H2,1-5H3/p+1/b30-27+,36-34+. The molecule has 0 bridgehead atoms. The third-order valence-corrected chi connectivity index (χ3v) is 10.9. The second-order valence-electron chi connectivity index (χ2n) is 17.4. The molecule has 0 saturated heterocycles. The third kappa shape index (κ3) is 39.1. The summed E-state index contributed by atoms with van der Waals surface area (Å²) in [7, 11) is 5.52. The second kappa shape index (κ2) is 40.6. The topological polar surface area (TPSA) is 99.1 Å². The van der Waals surface area contributed by atoms with E-state index in [-0.39, 0.29) is 42.7 Å². The van der Waals surface area contributed by atoms with Gasteiger partial charge in [-0.3, -0.25) is 9.59 Å². The molecule has 0 aromatic rings. The summed E-state index contributed by atoms with van der Waals surface area (Å²) in [4.78, 5) is 37.0. The van der Waals surface area contributed by atoms with Gasteiger partial charge in [-0.05, 0) is 32.1 Å². The smallest absolute Gasteiger partial charge is 0.362 e. The summed E-state index contributed by atoms with van der Waals surface area (Å²) >= 11 is 0. The van der Waals surface area contributed by atoms with Crippen molar-refractivity contribution in [2.45, 2.75) is 231 Å². The van der Waals surface area contributed by atoms with Crippen LogP contribution in [0, 0.1) is 0 Å². The molecule has 0 aromatic heterocycles. The zero-order valence-corrected chi connectivity index (χ0v) is 38.1. The Balaban J connectivity index is 4.26. The predicted molar refractivity (Wildman–Crippen MR) is 238 cm³/mol. The number of quaternary nitrogens is 1. The number of unbranched alkanes of at least 4 members (excludes halogenated alkanes) is 25. The molecule has 0 aliphatic rings. The summed E-state index contributed by atoms with van der Waals surface area (Å²) in [6.45, 7) is 4.69. The molecule has 0 fully saturated rings. The Morgan fingerprint density at radius 1 is 0.526 bits per heavy atom. The van der Waals surface area contributed by atoms with E-state index in [0.717, 1.165) is 32.1 Å². The van der Waals surface area contributed by atoms with Gasteiger partial charge in [-0.1, -0.05) is 192 Å². The molecule has 0 rings (SSSR count). The van der Waals surface area contributed by atoms with Crippen LogP contribution in [0.5, 0.6) is 0 Å². The van der Waals surface area contributed by atoms with E-state index in [2.05, 4.69) is 32.1 Å². The summed E-state index contributed by atoms with van der Waals surface area (Å²) in [5, 5.41) is 9.62. The SMILES string of the molecule is CCCCCCCC/C=C/C/C=C/CCC(=O)OC(COCCC(C(=O)O)[N+](C)(C)C)COC(=O)CCCCCCCCCCCCCCCCCCCCCC. The van der Waals surface area contributed by atoms with E-state index in [0.29, 0.717) is 19.3 Å². The van der Waals surface area contributed by atoms with Gasteiger partial charge in [0.05, 0.1) is 34.4 Å². The summed E-state index contributed by atoms with van der Waals surface area (Å²) in [6, 6.07) is -0.620. The van der Waals surface area contributed by atoms with Gasteiger partial charge in [0.2, 0.25) is 0 Å². The van der Waals surface area contributed by atoms with Crippen molar-refractivity contribution in [2.24, 2.45) is 0 Å². The highest BCUT2D eigenvalue weighted by Gasteiger charge is 2.31. The number of carboxylic acid groups (broad SMARTS) is 1. The van der Waals surface area contributed by atoms with Crippen molar-refractivity contribution in [2.75, 3.05) is 41.0 Å². The predicted octanol–water partition coefficient (Wildman–Crippen LogP) is 13.3. The van der Waals surface area contributed by atoms with Crippen LogP contribution < -0.4 is 0 Å². The first kappa shape index (κ1) is 54.8. The molecule has 0 amide bonds. The summed E-state index contributed by atoms with van der Waals surface area (Å²) in [5.41, 5.74) is 0. The van der Waals surface area contributed by atoms with Crippen molar-refractivity contribution in [3.8, 4) is 0 Å². The fraction of sp³-hybridized carbons (Fsp3) is 0.857. The monoisotopic (exact) mass is 807 g/mol. The van der Waals surface area contributed by atoms with Crippen molar-refractivity contribution in [1.29, 1.82) is 0 Å². The Hall–Kier alpha value is -2.19. The number of carboxylic acids is 1. The van der Waals surface area contributed by atoms with Gasteiger partial charge < -0.3 is 23.8 Å². The van der Waals surface area contributed by atoms with Crippen LogP contribution in [0.1, 0.15) is 219 Å². The molecule has 334 valence electrons. The molecule has 0 aromatic carbocycles. The quantitative estimate of drug-likeness (QED) is 0.0283. The number of allylic oxidation sites excluding steroid dienone is 4. The van der Waals surface area contributed by atoms with Gasteiger partial charge in [-0.2, -0.15) is 0 Å². The maximum atomic E-state index is 12.7. The molecule has 2 unspecified atom stereocenters. The normalized spacial score (nSPS) is 13.1. The van der Waals surface area contributed by atoms with Crippen LogP contribution in [-0.2, 0) is 28.6 Å². The number of carbonyl (C=O) groups excluding carboxylic acids is 2. The van der Waals surface area contributed by atoms with Crippen LogP contribution in [0.15, 0.2) is 24.3 Å². The zero-order chi connectivity index (χ0) is 42.1. The van der Waals surface area contributed by atoms with Crippen LogP contribution >= 0.6 is 0 Å². The molecule has 1 N–H and O–H groups in total. The van der Waals surface area contributed by atoms with E-state index < -0.39 is 18.1 Å². The number of nitrogens with zero attached hydrogens (tertiary/aromatic N) is 1. The van der Waals surface area contributed by atoms with Crippen LogP contribution in [0.25, 0.3) is 0 Å². The van der Waals surface area contributed by atoms with Gasteiger partial charge in [0.25, 0.3) is 0 Å². The molecule has 8 nitrogen and oxygen atoms in total. The number of hydrogen-bond acceptors (Lipinski definition) is 6. The van der Waals surface area contributed by atoms with E-state index in [9.17, 15) is 19.5 Å². The van der Waals surface area contributed by atoms with Gasteiger partial charge >= 0.3 is 17.9 Å². The first-order valence-electron chi connectivity index (χ1n) is 23.9. The number of aliphatic carboxylic acids is 1. The molecule has 57 heavy (non-hydrogen) atoms. The molecule has 0 heterocycles. The van der Waals surface area contributed by atoms with Gasteiger partial charge in [0.15, 0.2) is 12.1 Å². The van der Waals surface area contributed by atoms with Gasteiger partial charge in [-0.15, -0.1) is 0 Å². The maximum Gasteiger partial charge on any atom is 0.362 e. The molecule has 0 spiro atoms. The molecule has 0 radical (unpaired) electrons. The Kier molecular flexibility index (Phi) is 39.0. The Labute approximate surface area is 351 Å². The van der Waals surface area contributed by atoms with E-state index in [1.165, 1.54) is 148 Å². The average molecular weight is 807 g/mol. The number of ether oxygens (including phenoxy) is 3. The van der Waals surface area contributed by atoms with Crippen LogP contribution in [0.3, 0.4) is 0 Å². The highest BCUT2D eigenvalue weighted by atomic mass is 16.6. The highest BCUT2D eigenvalue weighted by Crippen LogP contribution is 2.16.